The molecule has 0 saturated carbocycles. The molecule has 1 heterocycles. The SMILES string of the molecule is Fc1cc(Br)ccc1NC1(c2ccccc2)C=NC(c2ccccc2)N1. The predicted octanol–water partition coefficient (Wildman–Crippen LogP) is 5.23. The standard InChI is InChI=1S/C21H17BrFN3/c22-17-11-12-19(18(23)13-17)25-21(16-9-5-2-6-10-16)14-24-20(26-21)15-7-3-1-4-8-15/h1-14,20,25-26H. The van der Waals surface area contributed by atoms with E-state index >= 15 is 0 Å². The van der Waals surface area contributed by atoms with E-state index in [2.05, 4.69) is 31.6 Å². The van der Waals surface area contributed by atoms with Gasteiger partial charge in [-0.2, -0.15) is 0 Å². The zero-order chi connectivity index (χ0) is 18.0. The van der Waals surface area contributed by atoms with E-state index in [4.69, 9.17) is 0 Å². The number of anilines is 1. The third-order valence-electron chi connectivity index (χ3n) is 4.39. The van der Waals surface area contributed by atoms with Crippen molar-refractivity contribution in [1.82, 2.24) is 5.32 Å². The molecule has 130 valence electrons. The number of benzene rings is 3. The first-order valence-corrected chi connectivity index (χ1v) is 9.11. The largest absolute Gasteiger partial charge is 0.357 e. The summed E-state index contributed by atoms with van der Waals surface area (Å²) in [4.78, 5) is 4.65. The predicted molar refractivity (Wildman–Crippen MR) is 107 cm³/mol. The first-order chi connectivity index (χ1) is 12.7. The summed E-state index contributed by atoms with van der Waals surface area (Å²) in [6.07, 6.45) is 1.61. The molecule has 0 aromatic heterocycles. The molecule has 1 aliphatic heterocycles. The average Bonchev–Trinajstić information content (AvgIpc) is 3.11. The number of rotatable bonds is 4. The Morgan fingerprint density at radius 2 is 1.65 bits per heavy atom. The van der Waals surface area contributed by atoms with Crippen LogP contribution in [0.25, 0.3) is 0 Å². The molecule has 3 nitrogen and oxygen atoms in total. The minimum Gasteiger partial charge on any atom is -0.357 e. The molecule has 26 heavy (non-hydrogen) atoms. The topological polar surface area (TPSA) is 36.4 Å². The van der Waals surface area contributed by atoms with E-state index in [0.717, 1.165) is 11.1 Å². The molecule has 0 saturated heterocycles. The van der Waals surface area contributed by atoms with E-state index in [1.165, 1.54) is 6.07 Å². The second-order valence-electron chi connectivity index (χ2n) is 6.16. The Balaban J connectivity index is 1.72. The number of hydrogen-bond donors (Lipinski definition) is 2. The molecule has 3 aromatic rings. The Hall–Kier alpha value is -2.50. The van der Waals surface area contributed by atoms with Crippen molar-refractivity contribution in [3.8, 4) is 0 Å². The van der Waals surface area contributed by atoms with E-state index < -0.39 is 5.66 Å². The first-order valence-electron chi connectivity index (χ1n) is 8.32. The summed E-state index contributed by atoms with van der Waals surface area (Å²) >= 11 is 3.30. The highest BCUT2D eigenvalue weighted by atomic mass is 79.9. The van der Waals surface area contributed by atoms with E-state index in [0.29, 0.717) is 10.2 Å². The van der Waals surface area contributed by atoms with Crippen LogP contribution < -0.4 is 10.6 Å². The van der Waals surface area contributed by atoms with Gasteiger partial charge >= 0.3 is 0 Å². The summed E-state index contributed by atoms with van der Waals surface area (Å²) in [7, 11) is 0. The average molecular weight is 410 g/mol. The van der Waals surface area contributed by atoms with Crippen LogP contribution >= 0.6 is 15.9 Å². The lowest BCUT2D eigenvalue weighted by Gasteiger charge is -2.31. The summed E-state index contributed by atoms with van der Waals surface area (Å²) in [6, 6.07) is 24.8. The van der Waals surface area contributed by atoms with Gasteiger partial charge in [0.05, 0.1) is 5.69 Å². The molecule has 0 spiro atoms. The minimum absolute atomic E-state index is 0.206. The van der Waals surface area contributed by atoms with Crippen molar-refractivity contribution in [1.29, 1.82) is 0 Å². The van der Waals surface area contributed by atoms with Gasteiger partial charge in [-0.1, -0.05) is 76.6 Å². The van der Waals surface area contributed by atoms with Crippen LogP contribution in [0, 0.1) is 5.82 Å². The Labute approximate surface area is 160 Å². The van der Waals surface area contributed by atoms with Gasteiger partial charge in [-0.05, 0) is 29.3 Å². The van der Waals surface area contributed by atoms with Crippen molar-refractivity contribution in [2.75, 3.05) is 5.32 Å². The summed E-state index contributed by atoms with van der Waals surface area (Å²) in [5, 5.41) is 6.83. The van der Waals surface area contributed by atoms with Gasteiger partial charge in [-0.15, -0.1) is 0 Å². The van der Waals surface area contributed by atoms with Crippen LogP contribution in [0.5, 0.6) is 0 Å². The number of aliphatic imine (C=N–C) groups is 1. The first kappa shape index (κ1) is 16.9. The lowest BCUT2D eigenvalue weighted by Crippen LogP contribution is -2.47. The maximum absolute atomic E-state index is 14.4. The molecule has 1 aliphatic rings. The molecule has 0 bridgehead atoms. The zero-order valence-electron chi connectivity index (χ0n) is 13.9. The third-order valence-corrected chi connectivity index (χ3v) is 4.88. The maximum atomic E-state index is 14.4. The second-order valence-corrected chi connectivity index (χ2v) is 7.07. The highest BCUT2D eigenvalue weighted by Crippen LogP contribution is 2.33. The molecular formula is C21H17BrFN3. The molecule has 2 N–H and O–H groups in total. The lowest BCUT2D eigenvalue weighted by atomic mass is 10.00. The van der Waals surface area contributed by atoms with Gasteiger partial charge in [0.25, 0.3) is 0 Å². The third kappa shape index (κ3) is 3.28. The molecule has 0 fully saturated rings. The number of nitrogens with zero attached hydrogens (tertiary/aromatic N) is 1. The van der Waals surface area contributed by atoms with Crippen LogP contribution in [0.15, 0.2) is 88.3 Å². The van der Waals surface area contributed by atoms with Crippen LogP contribution in [-0.2, 0) is 5.66 Å². The fourth-order valence-corrected chi connectivity index (χ4v) is 3.42. The highest BCUT2D eigenvalue weighted by molar-refractivity contribution is 9.10. The Morgan fingerprint density at radius 3 is 2.35 bits per heavy atom. The van der Waals surface area contributed by atoms with Crippen molar-refractivity contribution in [3.63, 3.8) is 0 Å². The zero-order valence-corrected chi connectivity index (χ0v) is 15.4. The lowest BCUT2D eigenvalue weighted by molar-refractivity contribution is 0.470. The van der Waals surface area contributed by atoms with Crippen LogP contribution in [0.4, 0.5) is 10.1 Å². The molecule has 2 atom stereocenters. The molecular weight excluding hydrogens is 393 g/mol. The summed E-state index contributed by atoms with van der Waals surface area (Å²) < 4.78 is 15.1. The normalized spacial score (nSPS) is 21.7. The fourth-order valence-electron chi connectivity index (χ4n) is 3.08. The van der Waals surface area contributed by atoms with E-state index in [-0.39, 0.29) is 12.0 Å². The number of halogens is 2. The quantitative estimate of drug-likeness (QED) is 0.618. The van der Waals surface area contributed by atoms with Crippen LogP contribution in [0.1, 0.15) is 17.3 Å². The minimum atomic E-state index is -0.795. The second kappa shape index (κ2) is 7.02. The van der Waals surface area contributed by atoms with Crippen LogP contribution in [0.3, 0.4) is 0 Å². The van der Waals surface area contributed by atoms with Crippen molar-refractivity contribution in [2.45, 2.75) is 11.8 Å². The number of nitrogens with one attached hydrogen (secondary N) is 2. The van der Waals surface area contributed by atoms with Gasteiger partial charge in [0.15, 0.2) is 5.66 Å². The Kier molecular flexibility index (Phi) is 4.57. The van der Waals surface area contributed by atoms with E-state index in [1.54, 1.807) is 6.07 Å². The van der Waals surface area contributed by atoms with Crippen molar-refractivity contribution >= 4 is 27.8 Å². The Morgan fingerprint density at radius 1 is 0.962 bits per heavy atom. The maximum Gasteiger partial charge on any atom is 0.153 e. The van der Waals surface area contributed by atoms with Crippen LogP contribution in [-0.4, -0.2) is 6.21 Å². The molecule has 5 heteroatoms. The highest BCUT2D eigenvalue weighted by Gasteiger charge is 2.38. The molecule has 0 amide bonds. The van der Waals surface area contributed by atoms with Crippen molar-refractivity contribution in [3.05, 3.63) is 100 Å². The van der Waals surface area contributed by atoms with Gasteiger partial charge in [0.2, 0.25) is 0 Å². The molecule has 0 radical (unpaired) electrons. The fraction of sp³-hybridized carbons (Fsp3) is 0.0952. The van der Waals surface area contributed by atoms with E-state index in [1.807, 2.05) is 72.9 Å². The van der Waals surface area contributed by atoms with Gasteiger partial charge in [0.1, 0.15) is 12.0 Å². The van der Waals surface area contributed by atoms with Crippen LogP contribution in [0.2, 0.25) is 0 Å². The summed E-state index contributed by atoms with van der Waals surface area (Å²) in [5.74, 6) is -0.326. The summed E-state index contributed by atoms with van der Waals surface area (Å²) in [5.41, 5.74) is 1.63. The Bertz CT molecular complexity index is 931. The molecule has 0 aliphatic carbocycles. The molecule has 3 aromatic carbocycles. The molecule has 2 unspecified atom stereocenters. The van der Waals surface area contributed by atoms with Gasteiger partial charge < -0.3 is 5.32 Å². The van der Waals surface area contributed by atoms with Gasteiger partial charge in [-0.25, -0.2) is 4.39 Å². The summed E-state index contributed by atoms with van der Waals surface area (Å²) in [6.45, 7) is 0. The van der Waals surface area contributed by atoms with Crippen molar-refractivity contribution in [2.24, 2.45) is 4.99 Å². The van der Waals surface area contributed by atoms with Gasteiger partial charge in [-0.3, -0.25) is 10.3 Å². The van der Waals surface area contributed by atoms with Gasteiger partial charge in [0, 0.05) is 10.7 Å². The van der Waals surface area contributed by atoms with E-state index in [9.17, 15) is 4.39 Å². The smallest absolute Gasteiger partial charge is 0.153 e. The van der Waals surface area contributed by atoms with Crippen molar-refractivity contribution < 1.29 is 4.39 Å². The number of hydrogen-bond acceptors (Lipinski definition) is 3. The monoisotopic (exact) mass is 409 g/mol. The molecule has 4 rings (SSSR count).